The molecule has 0 N–H and O–H groups in total. The summed E-state index contributed by atoms with van der Waals surface area (Å²) in [5, 5.41) is 4.63. The van der Waals surface area contributed by atoms with E-state index in [1.807, 2.05) is 47.3 Å². The molecule has 6 rings (SSSR count). The summed E-state index contributed by atoms with van der Waals surface area (Å²) in [6.07, 6.45) is 7.18. The number of ether oxygens (including phenoxy) is 1. The van der Waals surface area contributed by atoms with E-state index in [1.54, 1.807) is 7.11 Å². The zero-order chi connectivity index (χ0) is 21.7. The van der Waals surface area contributed by atoms with Crippen LogP contribution in [0.5, 0.6) is 5.75 Å². The summed E-state index contributed by atoms with van der Waals surface area (Å²) in [7, 11) is 1.69. The number of carbonyl (C=O) groups excluding carboxylic acids is 1. The minimum atomic E-state index is -0.346. The highest BCUT2D eigenvalue weighted by Crippen LogP contribution is 2.56. The molecule has 0 saturated carbocycles. The van der Waals surface area contributed by atoms with Crippen molar-refractivity contribution in [2.45, 2.75) is 37.4 Å². The van der Waals surface area contributed by atoms with Gasteiger partial charge in [-0.3, -0.25) is 9.69 Å². The summed E-state index contributed by atoms with van der Waals surface area (Å²) in [5.41, 5.74) is 3.01. The molecule has 1 spiro atoms. The van der Waals surface area contributed by atoms with E-state index in [0.717, 1.165) is 49.4 Å². The molecule has 3 atom stereocenters. The molecular formula is C26H28N4O2. The molecule has 3 aliphatic rings. The molecule has 3 saturated heterocycles. The van der Waals surface area contributed by atoms with E-state index in [9.17, 15) is 4.79 Å². The first-order valence-corrected chi connectivity index (χ1v) is 11.5. The van der Waals surface area contributed by atoms with E-state index in [0.29, 0.717) is 18.4 Å². The molecule has 0 radical (unpaired) electrons. The Morgan fingerprint density at radius 1 is 1.12 bits per heavy atom. The minimum Gasteiger partial charge on any atom is -0.496 e. The molecule has 0 bridgehead atoms. The van der Waals surface area contributed by atoms with Crippen LogP contribution in [0.1, 0.15) is 36.4 Å². The van der Waals surface area contributed by atoms with Crippen molar-refractivity contribution >= 4 is 5.91 Å². The normalized spacial score (nSPS) is 27.0. The molecule has 164 valence electrons. The predicted octanol–water partition coefficient (Wildman–Crippen LogP) is 3.82. The van der Waals surface area contributed by atoms with E-state index in [1.165, 1.54) is 5.56 Å². The summed E-state index contributed by atoms with van der Waals surface area (Å²) >= 11 is 0. The summed E-state index contributed by atoms with van der Waals surface area (Å²) in [6.45, 7) is 2.41. The average molecular weight is 429 g/mol. The highest BCUT2D eigenvalue weighted by molar-refractivity contribution is 5.90. The molecule has 0 aliphatic carbocycles. The number of amides is 1. The Hall–Kier alpha value is -3.12. The molecule has 32 heavy (non-hydrogen) atoms. The van der Waals surface area contributed by atoms with Crippen LogP contribution < -0.4 is 4.74 Å². The number of hydrogen-bond donors (Lipinski definition) is 0. The zero-order valence-electron chi connectivity index (χ0n) is 18.4. The fraction of sp³-hybridized carbons (Fsp3) is 0.385. The average Bonchev–Trinajstić information content (AvgIpc) is 3.58. The van der Waals surface area contributed by atoms with Crippen LogP contribution in [0.25, 0.3) is 5.69 Å². The van der Waals surface area contributed by atoms with Gasteiger partial charge in [0.1, 0.15) is 11.3 Å². The first kappa shape index (κ1) is 19.6. The number of aromatic nitrogens is 2. The first-order valence-electron chi connectivity index (χ1n) is 11.5. The number of carbonyl (C=O) groups is 1. The van der Waals surface area contributed by atoms with Gasteiger partial charge < -0.3 is 9.64 Å². The number of para-hydroxylation sites is 2. The Kier molecular flexibility index (Phi) is 4.57. The van der Waals surface area contributed by atoms with E-state index in [4.69, 9.17) is 4.74 Å². The molecule has 3 aromatic rings. The van der Waals surface area contributed by atoms with Crippen LogP contribution in [0.3, 0.4) is 0 Å². The maximum Gasteiger partial charge on any atom is 0.243 e. The second kappa shape index (κ2) is 7.48. The molecule has 3 fully saturated rings. The number of hydrogen-bond acceptors (Lipinski definition) is 4. The van der Waals surface area contributed by atoms with Crippen molar-refractivity contribution in [2.24, 2.45) is 5.92 Å². The lowest BCUT2D eigenvalue weighted by molar-refractivity contribution is -0.137. The smallest absolute Gasteiger partial charge is 0.243 e. The van der Waals surface area contributed by atoms with Gasteiger partial charge in [-0.25, -0.2) is 4.68 Å². The Bertz CT molecular complexity index is 1140. The van der Waals surface area contributed by atoms with Crippen LogP contribution in [0.4, 0.5) is 0 Å². The van der Waals surface area contributed by atoms with Crippen molar-refractivity contribution in [2.75, 3.05) is 20.2 Å². The van der Waals surface area contributed by atoms with Gasteiger partial charge >= 0.3 is 0 Å². The molecule has 1 aromatic heterocycles. The maximum atomic E-state index is 13.8. The van der Waals surface area contributed by atoms with Crippen LogP contribution in [0.2, 0.25) is 0 Å². The summed E-state index contributed by atoms with van der Waals surface area (Å²) < 4.78 is 7.47. The summed E-state index contributed by atoms with van der Waals surface area (Å²) in [6, 6.07) is 18.5. The first-order chi connectivity index (χ1) is 15.7. The fourth-order valence-electron chi connectivity index (χ4n) is 6.30. The third-order valence-corrected chi connectivity index (χ3v) is 7.69. The van der Waals surface area contributed by atoms with E-state index < -0.39 is 0 Å². The number of rotatable bonds is 5. The van der Waals surface area contributed by atoms with Gasteiger partial charge in [0.05, 0.1) is 19.0 Å². The van der Waals surface area contributed by atoms with Crippen molar-refractivity contribution < 1.29 is 9.53 Å². The lowest BCUT2D eigenvalue weighted by Crippen LogP contribution is -2.49. The Morgan fingerprint density at radius 3 is 2.78 bits per heavy atom. The molecule has 2 aromatic carbocycles. The number of methoxy groups -OCH3 is 1. The quantitative estimate of drug-likeness (QED) is 0.620. The van der Waals surface area contributed by atoms with Gasteiger partial charge in [0.15, 0.2) is 0 Å². The molecule has 3 aliphatic heterocycles. The molecule has 6 heteroatoms. The Labute approximate surface area is 188 Å². The highest BCUT2D eigenvalue weighted by atomic mass is 16.5. The summed E-state index contributed by atoms with van der Waals surface area (Å²) in [4.78, 5) is 18.4. The standard InChI is InChI=1S/C26H28N4O2/c1-32-24-11-6-5-8-19(24)16-28-18-21-14-23(29-13-7-12-26(21,29)25(28)31)20-15-27-30(17-20)22-9-3-2-4-10-22/h2-6,8-11,15,17,21,23H,7,12-14,16,18H2,1H3/t21-,23-,26-/m0/s1. The van der Waals surface area contributed by atoms with Gasteiger partial charge in [0.2, 0.25) is 5.91 Å². The van der Waals surface area contributed by atoms with Gasteiger partial charge in [-0.05, 0) is 44.0 Å². The topological polar surface area (TPSA) is 50.6 Å². The third-order valence-electron chi connectivity index (χ3n) is 7.69. The van der Waals surface area contributed by atoms with Gasteiger partial charge in [0, 0.05) is 42.4 Å². The molecule has 6 nitrogen and oxygen atoms in total. The summed E-state index contributed by atoms with van der Waals surface area (Å²) in [5.74, 6) is 1.51. The predicted molar refractivity (Wildman–Crippen MR) is 121 cm³/mol. The SMILES string of the molecule is COc1ccccc1CN1C[C@@H]2C[C@@H](c3cnn(-c4ccccc4)c3)N3CCC[C@@]23C1=O. The van der Waals surface area contributed by atoms with Crippen molar-refractivity contribution in [3.63, 3.8) is 0 Å². The lowest BCUT2D eigenvalue weighted by atomic mass is 9.85. The minimum absolute atomic E-state index is 0.261. The largest absolute Gasteiger partial charge is 0.496 e. The van der Waals surface area contributed by atoms with Gasteiger partial charge in [-0.2, -0.15) is 5.10 Å². The lowest BCUT2D eigenvalue weighted by Gasteiger charge is -2.33. The Morgan fingerprint density at radius 2 is 1.94 bits per heavy atom. The van der Waals surface area contributed by atoms with E-state index in [-0.39, 0.29) is 11.6 Å². The highest BCUT2D eigenvalue weighted by Gasteiger charge is 2.65. The monoisotopic (exact) mass is 428 g/mol. The zero-order valence-corrected chi connectivity index (χ0v) is 18.4. The van der Waals surface area contributed by atoms with Gasteiger partial charge in [-0.15, -0.1) is 0 Å². The van der Waals surface area contributed by atoms with Crippen molar-refractivity contribution in [3.05, 3.63) is 78.1 Å². The second-order valence-corrected chi connectivity index (χ2v) is 9.22. The van der Waals surface area contributed by atoms with Crippen LogP contribution in [0.15, 0.2) is 67.0 Å². The van der Waals surface area contributed by atoms with Crippen LogP contribution in [-0.2, 0) is 11.3 Å². The van der Waals surface area contributed by atoms with Crippen molar-refractivity contribution in [1.82, 2.24) is 19.6 Å². The molecule has 4 heterocycles. The number of nitrogens with zero attached hydrogens (tertiary/aromatic N) is 4. The van der Waals surface area contributed by atoms with Crippen molar-refractivity contribution in [3.8, 4) is 11.4 Å². The third kappa shape index (κ3) is 2.82. The Balaban J connectivity index is 1.26. The second-order valence-electron chi connectivity index (χ2n) is 9.22. The van der Waals surface area contributed by atoms with Crippen LogP contribution in [0, 0.1) is 5.92 Å². The van der Waals surface area contributed by atoms with Gasteiger partial charge in [0.25, 0.3) is 0 Å². The fourth-order valence-corrected chi connectivity index (χ4v) is 6.30. The number of likely N-dealkylation sites (tertiary alicyclic amines) is 1. The van der Waals surface area contributed by atoms with Crippen LogP contribution >= 0.6 is 0 Å². The molecule has 0 unspecified atom stereocenters. The van der Waals surface area contributed by atoms with Crippen molar-refractivity contribution in [1.29, 1.82) is 0 Å². The molecule has 1 amide bonds. The number of benzene rings is 2. The van der Waals surface area contributed by atoms with Gasteiger partial charge in [-0.1, -0.05) is 36.4 Å². The molecular weight excluding hydrogens is 400 g/mol. The van der Waals surface area contributed by atoms with E-state index in [2.05, 4.69) is 39.3 Å². The van der Waals surface area contributed by atoms with E-state index >= 15 is 0 Å². The van der Waals surface area contributed by atoms with Crippen LogP contribution in [-0.4, -0.2) is 51.2 Å². The maximum absolute atomic E-state index is 13.8.